The van der Waals surface area contributed by atoms with Crippen LogP contribution in [0, 0.1) is 5.82 Å². The smallest absolute Gasteiger partial charge is 0.338 e. The summed E-state index contributed by atoms with van der Waals surface area (Å²) in [6.45, 7) is 3.12. The Kier molecular flexibility index (Phi) is 4.03. The van der Waals surface area contributed by atoms with Gasteiger partial charge in [0.05, 0.1) is 5.56 Å². The number of nitrogens with one attached hydrogen (secondary N) is 1. The number of benzene rings is 1. The minimum absolute atomic E-state index is 0.198. The summed E-state index contributed by atoms with van der Waals surface area (Å²) in [4.78, 5) is 22.5. The molecule has 0 saturated heterocycles. The van der Waals surface area contributed by atoms with Crippen molar-refractivity contribution in [2.45, 2.75) is 19.4 Å². The molecule has 1 aromatic carbocycles. The van der Waals surface area contributed by atoms with E-state index in [0.29, 0.717) is 0 Å². The number of rotatable bonds is 4. The second-order valence-electron chi connectivity index (χ2n) is 4.17. The van der Waals surface area contributed by atoms with Crippen molar-refractivity contribution in [2.24, 2.45) is 0 Å². The average Bonchev–Trinajstić information content (AvgIpc) is 2.31. The molecular formula is C12H14FNO4. The van der Waals surface area contributed by atoms with Gasteiger partial charge in [-0.05, 0) is 32.0 Å². The maximum atomic E-state index is 13.1. The molecule has 5 nitrogen and oxygen atoms in total. The summed E-state index contributed by atoms with van der Waals surface area (Å²) in [5.41, 5.74) is -1.36. The largest absolute Gasteiger partial charge is 0.478 e. The number of anilines is 1. The maximum Gasteiger partial charge on any atom is 0.338 e. The summed E-state index contributed by atoms with van der Waals surface area (Å²) in [6, 6.07) is 3.32. The molecule has 1 rings (SSSR count). The predicted molar refractivity (Wildman–Crippen MR) is 63.1 cm³/mol. The Morgan fingerprint density at radius 1 is 1.39 bits per heavy atom. The Morgan fingerprint density at radius 2 is 2.00 bits per heavy atom. The van der Waals surface area contributed by atoms with Crippen LogP contribution in [0.2, 0.25) is 0 Å². The van der Waals surface area contributed by atoms with Gasteiger partial charge in [0.1, 0.15) is 11.4 Å². The highest BCUT2D eigenvalue weighted by molar-refractivity contribution is 5.98. The van der Waals surface area contributed by atoms with Crippen LogP contribution in [0.3, 0.4) is 0 Å². The monoisotopic (exact) mass is 255 g/mol. The van der Waals surface area contributed by atoms with Crippen molar-refractivity contribution in [3.8, 4) is 0 Å². The fourth-order valence-electron chi connectivity index (χ4n) is 1.14. The number of carbonyl (C=O) groups excluding carboxylic acids is 1. The molecule has 0 spiro atoms. The molecule has 0 radical (unpaired) electrons. The summed E-state index contributed by atoms with van der Waals surface area (Å²) in [6.07, 6.45) is 0. The van der Waals surface area contributed by atoms with Crippen molar-refractivity contribution < 1.29 is 23.8 Å². The van der Waals surface area contributed by atoms with Gasteiger partial charge in [-0.15, -0.1) is 0 Å². The van der Waals surface area contributed by atoms with Crippen LogP contribution in [0.5, 0.6) is 0 Å². The summed E-state index contributed by atoms with van der Waals surface area (Å²) < 4.78 is 18.1. The van der Waals surface area contributed by atoms with E-state index in [9.17, 15) is 14.0 Å². The minimum Gasteiger partial charge on any atom is -0.478 e. The Balaban J connectivity index is 2.96. The van der Waals surface area contributed by atoms with Gasteiger partial charge < -0.3 is 15.2 Å². The number of carbonyl (C=O) groups is 2. The van der Waals surface area contributed by atoms with E-state index < -0.39 is 28.9 Å². The SMILES string of the molecule is COC(C)(C)C(=O)Nc1ccc(F)c(C(=O)O)c1. The van der Waals surface area contributed by atoms with E-state index in [-0.39, 0.29) is 5.69 Å². The van der Waals surface area contributed by atoms with E-state index in [0.717, 1.165) is 12.1 Å². The molecular weight excluding hydrogens is 241 g/mol. The Bertz CT molecular complexity index is 485. The van der Waals surface area contributed by atoms with E-state index in [2.05, 4.69) is 5.32 Å². The second-order valence-corrected chi connectivity index (χ2v) is 4.17. The summed E-state index contributed by atoms with van der Waals surface area (Å²) >= 11 is 0. The van der Waals surface area contributed by atoms with Crippen LogP contribution in [0.15, 0.2) is 18.2 Å². The van der Waals surface area contributed by atoms with Crippen molar-refractivity contribution in [3.05, 3.63) is 29.6 Å². The first kappa shape index (κ1) is 14.1. The van der Waals surface area contributed by atoms with Crippen LogP contribution in [0.1, 0.15) is 24.2 Å². The molecule has 0 aliphatic carbocycles. The highest BCUT2D eigenvalue weighted by Gasteiger charge is 2.27. The van der Waals surface area contributed by atoms with Crippen molar-refractivity contribution in [3.63, 3.8) is 0 Å². The van der Waals surface area contributed by atoms with Gasteiger partial charge in [-0.2, -0.15) is 0 Å². The van der Waals surface area contributed by atoms with E-state index in [1.165, 1.54) is 13.2 Å². The predicted octanol–water partition coefficient (Wildman–Crippen LogP) is 1.89. The molecule has 0 bridgehead atoms. The van der Waals surface area contributed by atoms with Gasteiger partial charge in [0, 0.05) is 12.8 Å². The zero-order valence-electron chi connectivity index (χ0n) is 10.3. The molecule has 1 amide bonds. The molecule has 0 atom stereocenters. The number of amides is 1. The molecule has 0 saturated carbocycles. The van der Waals surface area contributed by atoms with Gasteiger partial charge in [0.15, 0.2) is 0 Å². The topological polar surface area (TPSA) is 75.6 Å². The van der Waals surface area contributed by atoms with E-state index in [1.54, 1.807) is 13.8 Å². The number of aromatic carboxylic acids is 1. The lowest BCUT2D eigenvalue weighted by Gasteiger charge is -2.21. The van der Waals surface area contributed by atoms with Crippen LogP contribution in [-0.2, 0) is 9.53 Å². The normalized spacial score (nSPS) is 11.1. The van der Waals surface area contributed by atoms with Gasteiger partial charge in [-0.3, -0.25) is 4.79 Å². The van der Waals surface area contributed by atoms with Crippen molar-refractivity contribution in [1.82, 2.24) is 0 Å². The molecule has 0 unspecified atom stereocenters. The molecule has 0 aliphatic heterocycles. The first-order valence-electron chi connectivity index (χ1n) is 5.17. The maximum absolute atomic E-state index is 13.1. The average molecular weight is 255 g/mol. The number of hydrogen-bond donors (Lipinski definition) is 2. The quantitative estimate of drug-likeness (QED) is 0.861. The molecule has 98 valence electrons. The first-order valence-corrected chi connectivity index (χ1v) is 5.17. The number of halogens is 1. The lowest BCUT2D eigenvalue weighted by molar-refractivity contribution is -0.133. The van der Waals surface area contributed by atoms with Crippen molar-refractivity contribution >= 4 is 17.6 Å². The number of carboxylic acid groups (broad SMARTS) is 1. The summed E-state index contributed by atoms with van der Waals surface area (Å²) in [7, 11) is 1.38. The van der Waals surface area contributed by atoms with Crippen LogP contribution < -0.4 is 5.32 Å². The van der Waals surface area contributed by atoms with Gasteiger partial charge in [-0.1, -0.05) is 0 Å². The molecule has 6 heteroatoms. The standard InChI is InChI=1S/C12H14FNO4/c1-12(2,18-3)11(17)14-7-4-5-9(13)8(6-7)10(15)16/h4-6H,1-3H3,(H,14,17)(H,15,16). The molecule has 0 aromatic heterocycles. The van der Waals surface area contributed by atoms with Crippen LogP contribution in [0.4, 0.5) is 10.1 Å². The van der Waals surface area contributed by atoms with E-state index >= 15 is 0 Å². The lowest BCUT2D eigenvalue weighted by Crippen LogP contribution is -2.38. The first-order chi connectivity index (χ1) is 8.27. The van der Waals surface area contributed by atoms with E-state index in [1.807, 2.05) is 0 Å². The molecule has 0 heterocycles. The second kappa shape index (κ2) is 5.14. The number of hydrogen-bond acceptors (Lipinski definition) is 3. The molecule has 0 fully saturated rings. The molecule has 2 N–H and O–H groups in total. The van der Waals surface area contributed by atoms with Gasteiger partial charge in [-0.25, -0.2) is 9.18 Å². The summed E-state index contributed by atoms with van der Waals surface area (Å²) in [5, 5.41) is 11.2. The fourth-order valence-corrected chi connectivity index (χ4v) is 1.14. The molecule has 18 heavy (non-hydrogen) atoms. The fraction of sp³-hybridized carbons (Fsp3) is 0.333. The summed E-state index contributed by atoms with van der Waals surface area (Å²) in [5.74, 6) is -2.70. The molecule has 0 aliphatic rings. The lowest BCUT2D eigenvalue weighted by atomic mass is 10.1. The van der Waals surface area contributed by atoms with Crippen LogP contribution in [-0.4, -0.2) is 29.7 Å². The minimum atomic E-state index is -1.39. The van der Waals surface area contributed by atoms with Gasteiger partial charge in [0.25, 0.3) is 5.91 Å². The zero-order valence-corrected chi connectivity index (χ0v) is 10.3. The molecule has 1 aromatic rings. The number of carboxylic acids is 1. The van der Waals surface area contributed by atoms with Gasteiger partial charge >= 0.3 is 5.97 Å². The highest BCUT2D eigenvalue weighted by Crippen LogP contribution is 2.17. The van der Waals surface area contributed by atoms with Crippen LogP contribution in [0.25, 0.3) is 0 Å². The van der Waals surface area contributed by atoms with Gasteiger partial charge in [0.2, 0.25) is 0 Å². The van der Waals surface area contributed by atoms with E-state index in [4.69, 9.17) is 9.84 Å². The third kappa shape index (κ3) is 3.04. The Labute approximate surface area is 104 Å². The highest BCUT2D eigenvalue weighted by atomic mass is 19.1. The Hall–Kier alpha value is -1.95. The zero-order chi connectivity index (χ0) is 13.9. The third-order valence-electron chi connectivity index (χ3n) is 2.51. The van der Waals surface area contributed by atoms with Crippen LogP contribution >= 0.6 is 0 Å². The van der Waals surface area contributed by atoms with Crippen molar-refractivity contribution in [1.29, 1.82) is 0 Å². The number of methoxy groups -OCH3 is 1. The Morgan fingerprint density at radius 3 is 2.50 bits per heavy atom. The third-order valence-corrected chi connectivity index (χ3v) is 2.51. The van der Waals surface area contributed by atoms with Crippen molar-refractivity contribution in [2.75, 3.05) is 12.4 Å². The number of ether oxygens (including phenoxy) is 1.